The molecule has 1 amide bonds. The highest BCUT2D eigenvalue weighted by atomic mass is 16.2. The van der Waals surface area contributed by atoms with Gasteiger partial charge in [-0.1, -0.05) is 13.8 Å². The largest absolute Gasteiger partial charge is 0.340 e. The lowest BCUT2D eigenvalue weighted by Crippen LogP contribution is -2.38. The van der Waals surface area contributed by atoms with Crippen molar-refractivity contribution in [3.8, 4) is 6.07 Å². The molecule has 0 spiro atoms. The van der Waals surface area contributed by atoms with Crippen LogP contribution < -0.4 is 5.32 Å². The third-order valence-corrected chi connectivity index (χ3v) is 2.34. The summed E-state index contributed by atoms with van der Waals surface area (Å²) in [5.74, 6) is -0.0412. The summed E-state index contributed by atoms with van der Waals surface area (Å²) >= 11 is 0. The lowest BCUT2D eigenvalue weighted by Gasteiger charge is -2.17. The molecule has 78 valence electrons. The minimum Gasteiger partial charge on any atom is -0.340 e. The van der Waals surface area contributed by atoms with Crippen molar-refractivity contribution in [2.24, 2.45) is 0 Å². The summed E-state index contributed by atoms with van der Waals surface area (Å²) in [5, 5.41) is 11.8. The minimum absolute atomic E-state index is 0.00833. The van der Waals surface area contributed by atoms with Gasteiger partial charge in [-0.25, -0.2) is 0 Å². The second-order valence-electron chi connectivity index (χ2n) is 3.98. The van der Waals surface area contributed by atoms with E-state index >= 15 is 0 Å². The highest BCUT2D eigenvalue weighted by Crippen LogP contribution is 2.10. The van der Waals surface area contributed by atoms with Crippen LogP contribution in [0.5, 0.6) is 0 Å². The van der Waals surface area contributed by atoms with Crippen molar-refractivity contribution in [1.82, 2.24) is 10.2 Å². The maximum atomic E-state index is 11.4. The molecule has 0 aromatic rings. The van der Waals surface area contributed by atoms with Crippen molar-refractivity contribution in [3.05, 3.63) is 0 Å². The molecule has 1 saturated heterocycles. The number of rotatable bonds is 3. The van der Waals surface area contributed by atoms with Crippen LogP contribution in [-0.4, -0.2) is 36.0 Å². The van der Waals surface area contributed by atoms with E-state index in [4.69, 9.17) is 5.26 Å². The van der Waals surface area contributed by atoms with E-state index in [1.807, 2.05) is 6.07 Å². The Morgan fingerprint density at radius 2 is 2.43 bits per heavy atom. The van der Waals surface area contributed by atoms with Crippen LogP contribution in [-0.2, 0) is 4.79 Å². The van der Waals surface area contributed by atoms with Crippen molar-refractivity contribution in [1.29, 1.82) is 5.26 Å². The van der Waals surface area contributed by atoms with E-state index in [2.05, 4.69) is 19.2 Å². The van der Waals surface area contributed by atoms with Crippen LogP contribution in [0.2, 0.25) is 0 Å². The van der Waals surface area contributed by atoms with Gasteiger partial charge >= 0.3 is 0 Å². The van der Waals surface area contributed by atoms with Gasteiger partial charge in [-0.2, -0.15) is 5.26 Å². The Kier molecular flexibility index (Phi) is 3.90. The number of hydrogen-bond donors (Lipinski definition) is 1. The van der Waals surface area contributed by atoms with E-state index in [0.29, 0.717) is 12.1 Å². The number of nitrogens with zero attached hydrogens (tertiary/aromatic N) is 2. The molecule has 0 aromatic carbocycles. The third kappa shape index (κ3) is 3.00. The maximum absolute atomic E-state index is 11.4. The predicted octanol–water partition coefficient (Wildman–Crippen LogP) is 0.499. The lowest BCUT2D eigenvalue weighted by molar-refractivity contribution is -0.129. The Morgan fingerprint density at radius 1 is 1.71 bits per heavy atom. The van der Waals surface area contributed by atoms with Gasteiger partial charge in [0.05, 0.1) is 6.07 Å². The minimum atomic E-state index is -0.0412. The number of carbonyl (C=O) groups excluding carboxylic acids is 1. The number of amides is 1. The third-order valence-electron chi connectivity index (χ3n) is 2.34. The molecule has 0 aliphatic carbocycles. The predicted molar refractivity (Wildman–Crippen MR) is 53.5 cm³/mol. The maximum Gasteiger partial charge on any atom is 0.236 e. The van der Waals surface area contributed by atoms with E-state index < -0.39 is 0 Å². The van der Waals surface area contributed by atoms with E-state index in [1.54, 1.807) is 4.90 Å². The van der Waals surface area contributed by atoms with Crippen molar-refractivity contribution < 1.29 is 4.79 Å². The Bertz CT molecular complexity index is 244. The molecule has 4 nitrogen and oxygen atoms in total. The smallest absolute Gasteiger partial charge is 0.236 e. The van der Waals surface area contributed by atoms with E-state index in [0.717, 1.165) is 19.5 Å². The fourth-order valence-electron chi connectivity index (χ4n) is 1.77. The molecular formula is C10H17N3O. The average molecular weight is 195 g/mol. The molecular weight excluding hydrogens is 178 g/mol. The second-order valence-corrected chi connectivity index (χ2v) is 3.98. The molecule has 1 heterocycles. The number of nitrogens with one attached hydrogen (secondary N) is 1. The van der Waals surface area contributed by atoms with Crippen LogP contribution in [0.4, 0.5) is 0 Å². The fourth-order valence-corrected chi connectivity index (χ4v) is 1.77. The zero-order valence-corrected chi connectivity index (χ0v) is 8.79. The molecule has 14 heavy (non-hydrogen) atoms. The van der Waals surface area contributed by atoms with Gasteiger partial charge in [0.25, 0.3) is 0 Å². The van der Waals surface area contributed by atoms with Crippen molar-refractivity contribution in [2.75, 3.05) is 13.1 Å². The van der Waals surface area contributed by atoms with Gasteiger partial charge in [-0.05, 0) is 6.42 Å². The average Bonchev–Trinajstić information content (AvgIpc) is 2.52. The summed E-state index contributed by atoms with van der Waals surface area (Å²) in [5.41, 5.74) is 0. The molecule has 0 aromatic heterocycles. The number of nitriles is 1. The SMILES string of the molecule is CC(C)NC1CCN(C(=O)CC#N)C1. The molecule has 1 aliphatic heterocycles. The zero-order chi connectivity index (χ0) is 10.6. The van der Waals surface area contributed by atoms with Gasteiger partial charge in [-0.15, -0.1) is 0 Å². The van der Waals surface area contributed by atoms with Gasteiger partial charge in [0.2, 0.25) is 5.91 Å². The van der Waals surface area contributed by atoms with Gasteiger partial charge in [-0.3, -0.25) is 4.79 Å². The number of hydrogen-bond acceptors (Lipinski definition) is 3. The summed E-state index contributed by atoms with van der Waals surface area (Å²) in [6.45, 7) is 5.73. The van der Waals surface area contributed by atoms with E-state index in [9.17, 15) is 4.79 Å². The van der Waals surface area contributed by atoms with Crippen LogP contribution >= 0.6 is 0 Å². The Morgan fingerprint density at radius 3 is 3.00 bits per heavy atom. The van der Waals surface area contributed by atoms with Crippen molar-refractivity contribution in [2.45, 2.75) is 38.8 Å². The highest BCUT2D eigenvalue weighted by molar-refractivity contribution is 5.78. The standard InChI is InChI=1S/C10H17N3O/c1-8(2)12-9-4-6-13(7-9)10(14)3-5-11/h8-9,12H,3-4,6-7H2,1-2H3. The Balaban J connectivity index is 2.34. The van der Waals surface area contributed by atoms with Crippen LogP contribution in [0.3, 0.4) is 0 Å². The molecule has 1 atom stereocenters. The first-order chi connectivity index (χ1) is 6.63. The van der Waals surface area contributed by atoms with Crippen molar-refractivity contribution >= 4 is 5.91 Å². The van der Waals surface area contributed by atoms with Gasteiger partial charge < -0.3 is 10.2 Å². The molecule has 0 saturated carbocycles. The first-order valence-electron chi connectivity index (χ1n) is 5.04. The first kappa shape index (κ1) is 11.0. The van der Waals surface area contributed by atoms with Crippen LogP contribution in [0.15, 0.2) is 0 Å². The first-order valence-corrected chi connectivity index (χ1v) is 5.04. The Labute approximate surface area is 84.9 Å². The second kappa shape index (κ2) is 4.97. The summed E-state index contributed by atoms with van der Waals surface area (Å²) < 4.78 is 0. The molecule has 1 unspecified atom stereocenters. The molecule has 1 aliphatic rings. The normalized spacial score (nSPS) is 21.3. The lowest BCUT2D eigenvalue weighted by atomic mass is 10.2. The van der Waals surface area contributed by atoms with Crippen LogP contribution in [0, 0.1) is 11.3 Å². The van der Waals surface area contributed by atoms with Gasteiger partial charge in [0.1, 0.15) is 6.42 Å². The molecule has 0 bridgehead atoms. The molecule has 0 radical (unpaired) electrons. The molecule has 1 rings (SSSR count). The molecule has 4 heteroatoms. The summed E-state index contributed by atoms with van der Waals surface area (Å²) in [4.78, 5) is 13.1. The zero-order valence-electron chi connectivity index (χ0n) is 8.79. The highest BCUT2D eigenvalue weighted by Gasteiger charge is 2.25. The van der Waals surface area contributed by atoms with E-state index in [1.165, 1.54) is 0 Å². The van der Waals surface area contributed by atoms with Crippen molar-refractivity contribution in [3.63, 3.8) is 0 Å². The van der Waals surface area contributed by atoms with Crippen LogP contribution in [0.25, 0.3) is 0 Å². The summed E-state index contributed by atoms with van der Waals surface area (Å²) in [7, 11) is 0. The monoisotopic (exact) mass is 195 g/mol. The van der Waals surface area contributed by atoms with Crippen LogP contribution in [0.1, 0.15) is 26.7 Å². The van der Waals surface area contributed by atoms with Gasteiger partial charge in [0, 0.05) is 25.2 Å². The Hall–Kier alpha value is -1.08. The summed E-state index contributed by atoms with van der Waals surface area (Å²) in [6.07, 6.45) is 1.00. The van der Waals surface area contributed by atoms with Gasteiger partial charge in [0.15, 0.2) is 0 Å². The summed E-state index contributed by atoms with van der Waals surface area (Å²) in [6, 6.07) is 2.74. The fraction of sp³-hybridized carbons (Fsp3) is 0.800. The van der Waals surface area contributed by atoms with E-state index in [-0.39, 0.29) is 12.3 Å². The number of likely N-dealkylation sites (tertiary alicyclic amines) is 1. The quantitative estimate of drug-likeness (QED) is 0.713. The number of carbonyl (C=O) groups is 1. The molecule has 1 fully saturated rings. The topological polar surface area (TPSA) is 56.1 Å². The molecule has 1 N–H and O–H groups in total.